The van der Waals surface area contributed by atoms with Crippen LogP contribution in [-0.4, -0.2) is 11.1 Å². The molecule has 1 N–H and O–H groups in total. The molecule has 0 heterocycles. The summed E-state index contributed by atoms with van der Waals surface area (Å²) in [7, 11) is 0. The molecule has 92 valence electrons. The summed E-state index contributed by atoms with van der Waals surface area (Å²) < 4.78 is 6.58. The monoisotopic (exact) mass is 306 g/mol. The second-order valence-electron chi connectivity index (χ2n) is 3.74. The second-order valence-corrected chi connectivity index (χ2v) is 4.66. The highest BCUT2D eigenvalue weighted by atomic mass is 79.9. The molecule has 0 saturated heterocycles. The Morgan fingerprint density at radius 3 is 2.22 bits per heavy atom. The predicted molar refractivity (Wildman–Crippen MR) is 71.9 cm³/mol. The van der Waals surface area contributed by atoms with E-state index in [2.05, 4.69) is 15.9 Å². The summed E-state index contributed by atoms with van der Waals surface area (Å²) >= 11 is 3.37. The van der Waals surface area contributed by atoms with E-state index in [1.165, 1.54) is 12.1 Å². The number of carbonyl (C=O) groups is 1. The molecule has 0 spiro atoms. The molecule has 0 radical (unpaired) electrons. The normalized spacial score (nSPS) is 10.1. The Morgan fingerprint density at radius 1 is 1.06 bits per heavy atom. The van der Waals surface area contributed by atoms with Crippen LogP contribution in [0.2, 0.25) is 0 Å². The Bertz CT molecular complexity index is 532. The first-order valence-corrected chi connectivity index (χ1v) is 6.15. The molecule has 0 aromatic heterocycles. The molecule has 2 aromatic carbocycles. The van der Waals surface area contributed by atoms with E-state index >= 15 is 0 Å². The second kappa shape index (κ2) is 5.69. The summed E-state index contributed by atoms with van der Waals surface area (Å²) in [4.78, 5) is 10.7. The van der Waals surface area contributed by atoms with E-state index in [-0.39, 0.29) is 5.56 Å². The van der Waals surface area contributed by atoms with E-state index in [1.54, 1.807) is 12.1 Å². The molecule has 4 heteroatoms. The Hall–Kier alpha value is -1.81. The number of aromatic carboxylic acids is 1. The van der Waals surface area contributed by atoms with Crippen LogP contribution in [0.15, 0.2) is 53.0 Å². The number of halogens is 1. The van der Waals surface area contributed by atoms with Crippen molar-refractivity contribution in [1.29, 1.82) is 0 Å². The molecular formula is C14H11BrO3. The maximum Gasteiger partial charge on any atom is 0.335 e. The lowest BCUT2D eigenvalue weighted by atomic mass is 10.2. The number of hydrogen-bond donors (Lipinski definition) is 1. The Labute approximate surface area is 113 Å². The van der Waals surface area contributed by atoms with Crippen molar-refractivity contribution in [2.24, 2.45) is 0 Å². The average Bonchev–Trinajstić information content (AvgIpc) is 2.38. The van der Waals surface area contributed by atoms with Crippen LogP contribution in [0.1, 0.15) is 15.9 Å². The highest BCUT2D eigenvalue weighted by molar-refractivity contribution is 9.10. The molecule has 3 nitrogen and oxygen atoms in total. The van der Waals surface area contributed by atoms with Gasteiger partial charge in [0.05, 0.1) is 5.56 Å². The van der Waals surface area contributed by atoms with Crippen molar-refractivity contribution in [3.63, 3.8) is 0 Å². The van der Waals surface area contributed by atoms with Gasteiger partial charge in [-0.25, -0.2) is 4.79 Å². The van der Waals surface area contributed by atoms with Gasteiger partial charge in [-0.1, -0.05) is 28.1 Å². The molecule has 0 aliphatic heterocycles. The van der Waals surface area contributed by atoms with Gasteiger partial charge in [-0.15, -0.1) is 0 Å². The minimum absolute atomic E-state index is 0.256. The highest BCUT2D eigenvalue weighted by Gasteiger charge is 2.02. The van der Waals surface area contributed by atoms with Crippen LogP contribution in [0.5, 0.6) is 5.75 Å². The summed E-state index contributed by atoms with van der Waals surface area (Å²) in [5.41, 5.74) is 1.31. The van der Waals surface area contributed by atoms with Crippen LogP contribution in [0.3, 0.4) is 0 Å². The first-order chi connectivity index (χ1) is 8.65. The van der Waals surface area contributed by atoms with E-state index in [0.717, 1.165) is 10.0 Å². The molecule has 0 fully saturated rings. The van der Waals surface area contributed by atoms with Gasteiger partial charge in [0.15, 0.2) is 0 Å². The third-order valence-electron chi connectivity index (χ3n) is 2.42. The van der Waals surface area contributed by atoms with Gasteiger partial charge in [-0.05, 0) is 42.0 Å². The third-order valence-corrected chi connectivity index (χ3v) is 2.95. The molecule has 0 bridgehead atoms. The van der Waals surface area contributed by atoms with Crippen molar-refractivity contribution in [2.75, 3.05) is 0 Å². The van der Waals surface area contributed by atoms with Crippen LogP contribution in [0.4, 0.5) is 0 Å². The number of carboxylic acid groups (broad SMARTS) is 1. The first-order valence-electron chi connectivity index (χ1n) is 5.36. The molecule has 0 saturated carbocycles. The minimum atomic E-state index is -0.936. The van der Waals surface area contributed by atoms with Gasteiger partial charge in [0, 0.05) is 4.47 Å². The van der Waals surface area contributed by atoms with Crippen LogP contribution in [0.25, 0.3) is 0 Å². The summed E-state index contributed by atoms with van der Waals surface area (Å²) in [6.45, 7) is 0.458. The Balaban J connectivity index is 1.97. The van der Waals surface area contributed by atoms with Crippen molar-refractivity contribution in [3.05, 3.63) is 64.1 Å². The largest absolute Gasteiger partial charge is 0.489 e. The van der Waals surface area contributed by atoms with Crippen molar-refractivity contribution < 1.29 is 14.6 Å². The van der Waals surface area contributed by atoms with Gasteiger partial charge >= 0.3 is 5.97 Å². The average molecular weight is 307 g/mol. The summed E-state index contributed by atoms with van der Waals surface area (Å²) in [5, 5.41) is 8.76. The zero-order valence-corrected chi connectivity index (χ0v) is 11.1. The Morgan fingerprint density at radius 2 is 1.67 bits per heavy atom. The number of ether oxygens (including phenoxy) is 1. The molecule has 0 unspecified atom stereocenters. The maximum atomic E-state index is 10.7. The standard InChI is InChI=1S/C14H11BrO3/c15-12-5-1-10(2-6-12)9-18-13-7-3-11(4-8-13)14(16)17/h1-8H,9H2,(H,16,17). The van der Waals surface area contributed by atoms with E-state index < -0.39 is 5.97 Å². The molecule has 0 amide bonds. The topological polar surface area (TPSA) is 46.5 Å². The number of hydrogen-bond acceptors (Lipinski definition) is 2. The zero-order chi connectivity index (χ0) is 13.0. The van der Waals surface area contributed by atoms with Gasteiger partial charge in [-0.2, -0.15) is 0 Å². The predicted octanol–water partition coefficient (Wildman–Crippen LogP) is 3.73. The number of rotatable bonds is 4. The number of benzene rings is 2. The van der Waals surface area contributed by atoms with Crippen LogP contribution in [-0.2, 0) is 6.61 Å². The summed E-state index contributed by atoms with van der Waals surface area (Å²) in [6.07, 6.45) is 0. The molecule has 0 aliphatic carbocycles. The van der Waals surface area contributed by atoms with E-state index in [9.17, 15) is 4.79 Å². The van der Waals surface area contributed by atoms with Gasteiger partial charge in [0.1, 0.15) is 12.4 Å². The fraction of sp³-hybridized carbons (Fsp3) is 0.0714. The minimum Gasteiger partial charge on any atom is -0.489 e. The fourth-order valence-corrected chi connectivity index (χ4v) is 1.71. The lowest BCUT2D eigenvalue weighted by Crippen LogP contribution is -1.97. The fourth-order valence-electron chi connectivity index (χ4n) is 1.44. The van der Waals surface area contributed by atoms with Crippen LogP contribution < -0.4 is 4.74 Å². The molecule has 2 aromatic rings. The van der Waals surface area contributed by atoms with E-state index in [4.69, 9.17) is 9.84 Å². The lowest BCUT2D eigenvalue weighted by molar-refractivity contribution is 0.0697. The summed E-state index contributed by atoms with van der Waals surface area (Å²) in [6, 6.07) is 14.2. The molecule has 0 atom stereocenters. The van der Waals surface area contributed by atoms with Gasteiger partial charge in [-0.3, -0.25) is 0 Å². The first kappa shape index (κ1) is 12.6. The molecular weight excluding hydrogens is 296 g/mol. The maximum absolute atomic E-state index is 10.7. The Kier molecular flexibility index (Phi) is 3.99. The van der Waals surface area contributed by atoms with Crippen LogP contribution in [0, 0.1) is 0 Å². The van der Waals surface area contributed by atoms with E-state index in [1.807, 2.05) is 24.3 Å². The van der Waals surface area contributed by atoms with Crippen molar-refractivity contribution in [3.8, 4) is 5.75 Å². The summed E-state index contributed by atoms with van der Waals surface area (Å²) in [5.74, 6) is -0.280. The van der Waals surface area contributed by atoms with Crippen molar-refractivity contribution >= 4 is 21.9 Å². The van der Waals surface area contributed by atoms with Gasteiger partial charge in [0.25, 0.3) is 0 Å². The molecule has 18 heavy (non-hydrogen) atoms. The zero-order valence-electron chi connectivity index (χ0n) is 9.47. The third kappa shape index (κ3) is 3.34. The van der Waals surface area contributed by atoms with Gasteiger partial charge in [0.2, 0.25) is 0 Å². The van der Waals surface area contributed by atoms with Crippen LogP contribution >= 0.6 is 15.9 Å². The molecule has 2 rings (SSSR count). The van der Waals surface area contributed by atoms with Crippen molar-refractivity contribution in [1.82, 2.24) is 0 Å². The molecule has 0 aliphatic rings. The van der Waals surface area contributed by atoms with Crippen molar-refractivity contribution in [2.45, 2.75) is 6.61 Å². The number of carboxylic acids is 1. The quantitative estimate of drug-likeness (QED) is 0.936. The highest BCUT2D eigenvalue weighted by Crippen LogP contribution is 2.15. The van der Waals surface area contributed by atoms with Gasteiger partial charge < -0.3 is 9.84 Å². The smallest absolute Gasteiger partial charge is 0.335 e. The SMILES string of the molecule is O=C(O)c1ccc(OCc2ccc(Br)cc2)cc1. The van der Waals surface area contributed by atoms with E-state index in [0.29, 0.717) is 12.4 Å². The lowest BCUT2D eigenvalue weighted by Gasteiger charge is -2.06.